The number of alkyl halides is 1. The van der Waals surface area contributed by atoms with E-state index in [0.29, 0.717) is 12.8 Å². The van der Waals surface area contributed by atoms with Crippen LogP contribution in [0.3, 0.4) is 0 Å². The Bertz CT molecular complexity index is 689. The number of benzene rings is 1. The quantitative estimate of drug-likeness (QED) is 0.418. The van der Waals surface area contributed by atoms with Crippen LogP contribution in [-0.4, -0.2) is 26.1 Å². The van der Waals surface area contributed by atoms with Crippen molar-refractivity contribution >= 4 is 0 Å². The van der Waals surface area contributed by atoms with Crippen LogP contribution in [0.25, 0.3) is 0 Å². The van der Waals surface area contributed by atoms with E-state index in [-0.39, 0.29) is 22.9 Å². The summed E-state index contributed by atoms with van der Waals surface area (Å²) < 4.78 is 19.9. The summed E-state index contributed by atoms with van der Waals surface area (Å²) in [5.41, 5.74) is 2.19. The van der Waals surface area contributed by atoms with Gasteiger partial charge in [0.25, 0.3) is 0 Å². The van der Waals surface area contributed by atoms with E-state index in [1.54, 1.807) is 0 Å². The highest BCUT2D eigenvalue weighted by Crippen LogP contribution is 2.71. The zero-order valence-electron chi connectivity index (χ0n) is 17.9. The summed E-state index contributed by atoms with van der Waals surface area (Å²) in [7, 11) is 0. The van der Waals surface area contributed by atoms with Crippen molar-refractivity contribution in [1.29, 1.82) is 0 Å². The predicted octanol–water partition coefficient (Wildman–Crippen LogP) is 6.15. The molecular formula is C26H38FNO. The van der Waals surface area contributed by atoms with E-state index in [1.165, 1.54) is 76.2 Å². The van der Waals surface area contributed by atoms with Crippen molar-refractivity contribution in [2.75, 3.05) is 20.0 Å². The van der Waals surface area contributed by atoms with Gasteiger partial charge < -0.3 is 4.74 Å². The van der Waals surface area contributed by atoms with E-state index in [0.717, 1.165) is 18.9 Å². The highest BCUT2D eigenvalue weighted by atomic mass is 19.1. The largest absolute Gasteiger partial charge is 0.366 e. The lowest BCUT2D eigenvalue weighted by atomic mass is 9.38. The van der Waals surface area contributed by atoms with Crippen LogP contribution < -0.4 is 5.32 Å². The van der Waals surface area contributed by atoms with E-state index in [9.17, 15) is 4.39 Å². The van der Waals surface area contributed by atoms with Crippen molar-refractivity contribution in [3.8, 4) is 0 Å². The van der Waals surface area contributed by atoms with Crippen molar-refractivity contribution in [2.24, 2.45) is 16.7 Å². The molecule has 5 saturated carbocycles. The maximum atomic E-state index is 13.6. The number of nitrogens with one attached hydrogen (secondary N) is 1. The molecule has 5 aliphatic rings. The second-order valence-corrected chi connectivity index (χ2v) is 11.1. The van der Waals surface area contributed by atoms with Gasteiger partial charge in [-0.2, -0.15) is 0 Å². The number of hydrogen-bond acceptors (Lipinski definition) is 2. The van der Waals surface area contributed by atoms with Crippen molar-refractivity contribution in [3.05, 3.63) is 35.9 Å². The van der Waals surface area contributed by atoms with Gasteiger partial charge in [-0.25, -0.2) is 0 Å². The third kappa shape index (κ3) is 3.90. The maximum absolute atomic E-state index is 13.6. The molecule has 4 bridgehead atoms. The maximum Gasteiger partial charge on any atom is 0.0967 e. The Morgan fingerprint density at radius 3 is 2.48 bits per heavy atom. The predicted molar refractivity (Wildman–Crippen MR) is 116 cm³/mol. The van der Waals surface area contributed by atoms with Crippen LogP contribution in [0.4, 0.5) is 4.39 Å². The van der Waals surface area contributed by atoms with Crippen LogP contribution >= 0.6 is 0 Å². The molecule has 1 aromatic rings. The lowest BCUT2D eigenvalue weighted by molar-refractivity contribution is -0.157. The zero-order valence-corrected chi connectivity index (χ0v) is 17.9. The Labute approximate surface area is 176 Å². The number of rotatable bonds is 8. The minimum absolute atomic E-state index is 0.169. The van der Waals surface area contributed by atoms with Gasteiger partial charge >= 0.3 is 0 Å². The molecule has 0 aliphatic heterocycles. The topological polar surface area (TPSA) is 21.3 Å². The van der Waals surface area contributed by atoms with E-state index in [1.807, 2.05) is 0 Å². The smallest absolute Gasteiger partial charge is 0.0967 e. The fourth-order valence-corrected chi connectivity index (χ4v) is 8.35. The summed E-state index contributed by atoms with van der Waals surface area (Å²) in [6.07, 6.45) is 14.9. The molecule has 160 valence electrons. The summed E-state index contributed by atoms with van der Waals surface area (Å²) in [5, 5.41) is 3.65. The third-order valence-corrected chi connectivity index (χ3v) is 8.80. The average molecular weight is 400 g/mol. The van der Waals surface area contributed by atoms with Crippen molar-refractivity contribution in [2.45, 2.75) is 88.5 Å². The average Bonchev–Trinajstić information content (AvgIpc) is 2.72. The molecule has 4 atom stereocenters. The van der Waals surface area contributed by atoms with Crippen molar-refractivity contribution in [1.82, 2.24) is 5.32 Å². The molecule has 0 aromatic heterocycles. The van der Waals surface area contributed by atoms with Crippen LogP contribution in [0.5, 0.6) is 0 Å². The normalized spacial score (nSPS) is 39.1. The Morgan fingerprint density at radius 2 is 1.69 bits per heavy atom. The highest BCUT2D eigenvalue weighted by molar-refractivity contribution is 5.31. The minimum atomic E-state index is -0.169. The van der Waals surface area contributed by atoms with Gasteiger partial charge in [-0.15, -0.1) is 0 Å². The Balaban J connectivity index is 1.31. The van der Waals surface area contributed by atoms with Gasteiger partial charge in [0.05, 0.1) is 20.0 Å². The van der Waals surface area contributed by atoms with Gasteiger partial charge in [0.15, 0.2) is 0 Å². The lowest BCUT2D eigenvalue weighted by Crippen LogP contribution is -2.60. The van der Waals surface area contributed by atoms with Gasteiger partial charge in [-0.05, 0) is 85.5 Å². The molecule has 6 rings (SSSR count). The molecule has 1 aromatic carbocycles. The molecule has 0 amide bonds. The van der Waals surface area contributed by atoms with Crippen molar-refractivity contribution in [3.63, 3.8) is 0 Å². The van der Waals surface area contributed by atoms with Gasteiger partial charge in [-0.1, -0.05) is 49.6 Å². The van der Waals surface area contributed by atoms with Gasteiger partial charge in [0.1, 0.15) is 0 Å². The molecule has 2 unspecified atom stereocenters. The van der Waals surface area contributed by atoms with E-state index < -0.39 is 0 Å². The summed E-state index contributed by atoms with van der Waals surface area (Å²) in [6, 6.07) is 11.8. The number of hydrogen-bond donors (Lipinski definition) is 1. The van der Waals surface area contributed by atoms with Crippen LogP contribution in [-0.2, 0) is 10.2 Å². The first-order chi connectivity index (χ1) is 14.2. The molecule has 29 heavy (non-hydrogen) atoms. The Kier molecular flexibility index (Phi) is 5.49. The van der Waals surface area contributed by atoms with Gasteiger partial charge in [-0.3, -0.25) is 9.71 Å². The highest BCUT2D eigenvalue weighted by Gasteiger charge is 2.63. The summed E-state index contributed by atoms with van der Waals surface area (Å²) in [4.78, 5) is 0. The Morgan fingerprint density at radius 1 is 0.931 bits per heavy atom. The molecule has 1 N–H and O–H groups in total. The van der Waals surface area contributed by atoms with Crippen molar-refractivity contribution < 1.29 is 9.13 Å². The first-order valence-electron chi connectivity index (χ1n) is 12.1. The standard InChI is InChI=1S/C26H38FNO/c27-12-11-24-13-21-14-25(16-24,19-29-20-28-23-9-5-2-6-10-23)18-26(15-21,17-24)22-7-3-1-4-8-22/h1,3-4,7-8,21,23,28H,2,5-6,9-20H2/t21?,24-,25?,26+/m0/s1. The number of ether oxygens (including phenoxy) is 1. The first kappa shape index (κ1) is 20.0. The Hall–Kier alpha value is -0.930. The summed E-state index contributed by atoms with van der Waals surface area (Å²) in [5.74, 6) is 0.743. The molecule has 5 aliphatic carbocycles. The monoisotopic (exact) mass is 399 g/mol. The third-order valence-electron chi connectivity index (χ3n) is 8.80. The number of halogens is 1. The van der Waals surface area contributed by atoms with E-state index in [2.05, 4.69) is 35.6 Å². The molecule has 0 saturated heterocycles. The summed E-state index contributed by atoms with van der Waals surface area (Å²) in [6.45, 7) is 1.37. The van der Waals surface area contributed by atoms with Crippen LogP contribution in [0, 0.1) is 16.7 Å². The first-order valence-corrected chi connectivity index (χ1v) is 12.1. The van der Waals surface area contributed by atoms with Crippen LogP contribution in [0.2, 0.25) is 0 Å². The molecule has 5 fully saturated rings. The van der Waals surface area contributed by atoms with E-state index >= 15 is 0 Å². The molecule has 2 nitrogen and oxygen atoms in total. The van der Waals surface area contributed by atoms with E-state index in [4.69, 9.17) is 4.74 Å². The molecule has 0 radical (unpaired) electrons. The minimum Gasteiger partial charge on any atom is -0.366 e. The second-order valence-electron chi connectivity index (χ2n) is 11.1. The fraction of sp³-hybridized carbons (Fsp3) is 0.769. The van der Waals surface area contributed by atoms with Crippen LogP contribution in [0.1, 0.15) is 82.6 Å². The SMILES string of the molecule is FCC[C@]12CC3CC(COCNC4CCCCC4)(C1)C[C@@](c1ccccc1)(C3)C2. The zero-order chi connectivity index (χ0) is 19.8. The van der Waals surface area contributed by atoms with Gasteiger partial charge in [0.2, 0.25) is 0 Å². The molecule has 0 heterocycles. The van der Waals surface area contributed by atoms with Gasteiger partial charge in [0, 0.05) is 6.04 Å². The lowest BCUT2D eigenvalue weighted by Gasteiger charge is -2.67. The molecule has 0 spiro atoms. The fourth-order valence-electron chi connectivity index (χ4n) is 8.35. The molecule has 3 heteroatoms. The summed E-state index contributed by atoms with van der Waals surface area (Å²) >= 11 is 0. The molecular weight excluding hydrogens is 361 g/mol. The van der Waals surface area contributed by atoms with Crippen LogP contribution in [0.15, 0.2) is 30.3 Å². The second kappa shape index (κ2) is 7.96.